The highest BCUT2D eigenvalue weighted by Gasteiger charge is 2.20. The quantitative estimate of drug-likeness (QED) is 0.765. The van der Waals surface area contributed by atoms with Gasteiger partial charge in [-0.05, 0) is 30.7 Å². The zero-order valence-corrected chi connectivity index (χ0v) is 13.7. The Labute approximate surface area is 140 Å². The van der Waals surface area contributed by atoms with Crippen LogP contribution in [-0.2, 0) is 6.54 Å². The molecule has 0 saturated carbocycles. The van der Waals surface area contributed by atoms with E-state index in [1.54, 1.807) is 13.2 Å². The Morgan fingerprint density at radius 1 is 1.08 bits per heavy atom. The highest BCUT2D eigenvalue weighted by Crippen LogP contribution is 2.30. The molecule has 0 saturated heterocycles. The molecule has 0 aliphatic rings. The van der Waals surface area contributed by atoms with E-state index in [2.05, 4.69) is 0 Å². The number of rotatable bonds is 5. The third-order valence-electron chi connectivity index (χ3n) is 4.06. The SMILES string of the molecule is COc1cccc(-c2c(C(=O)O)cc(C)n2Cc2ccccc2)c1. The first-order valence-corrected chi connectivity index (χ1v) is 7.72. The minimum Gasteiger partial charge on any atom is -0.497 e. The van der Waals surface area contributed by atoms with Gasteiger partial charge < -0.3 is 14.4 Å². The smallest absolute Gasteiger partial charge is 0.337 e. The first kappa shape index (κ1) is 15.9. The number of carboxylic acid groups (broad SMARTS) is 1. The molecule has 1 N–H and O–H groups in total. The summed E-state index contributed by atoms with van der Waals surface area (Å²) in [5.41, 5.74) is 3.86. The van der Waals surface area contributed by atoms with E-state index in [1.807, 2.05) is 66.1 Å². The summed E-state index contributed by atoms with van der Waals surface area (Å²) < 4.78 is 7.32. The lowest BCUT2D eigenvalue weighted by Crippen LogP contribution is -2.06. The Bertz CT molecular complexity index is 866. The Hall–Kier alpha value is -3.01. The van der Waals surface area contributed by atoms with Crippen LogP contribution in [0.3, 0.4) is 0 Å². The predicted octanol–water partition coefficient (Wildman–Crippen LogP) is 4.22. The molecule has 4 heteroatoms. The van der Waals surface area contributed by atoms with E-state index in [-0.39, 0.29) is 0 Å². The van der Waals surface area contributed by atoms with Gasteiger partial charge in [-0.25, -0.2) is 4.79 Å². The van der Waals surface area contributed by atoms with Gasteiger partial charge in [0, 0.05) is 17.8 Å². The fraction of sp³-hybridized carbons (Fsp3) is 0.150. The average Bonchev–Trinajstić information content (AvgIpc) is 2.93. The van der Waals surface area contributed by atoms with Gasteiger partial charge in [-0.2, -0.15) is 0 Å². The number of aromatic nitrogens is 1. The number of aryl methyl sites for hydroxylation is 1. The molecule has 0 amide bonds. The second kappa shape index (κ2) is 6.62. The van der Waals surface area contributed by atoms with Crippen LogP contribution in [0.25, 0.3) is 11.3 Å². The topological polar surface area (TPSA) is 51.5 Å². The van der Waals surface area contributed by atoms with Crippen molar-refractivity contribution in [3.8, 4) is 17.0 Å². The van der Waals surface area contributed by atoms with E-state index in [9.17, 15) is 9.90 Å². The predicted molar refractivity (Wildman–Crippen MR) is 93.7 cm³/mol. The monoisotopic (exact) mass is 321 g/mol. The molecule has 0 aliphatic carbocycles. The second-order valence-corrected chi connectivity index (χ2v) is 5.66. The molecule has 0 spiro atoms. The number of ether oxygens (including phenoxy) is 1. The molecule has 1 heterocycles. The third kappa shape index (κ3) is 3.04. The molecule has 0 bridgehead atoms. The van der Waals surface area contributed by atoms with Crippen molar-refractivity contribution in [3.05, 3.63) is 77.5 Å². The number of methoxy groups -OCH3 is 1. The van der Waals surface area contributed by atoms with Crippen molar-refractivity contribution >= 4 is 5.97 Å². The first-order valence-electron chi connectivity index (χ1n) is 7.72. The van der Waals surface area contributed by atoms with Gasteiger partial charge in [0.15, 0.2) is 0 Å². The van der Waals surface area contributed by atoms with Crippen LogP contribution in [0.15, 0.2) is 60.7 Å². The Morgan fingerprint density at radius 2 is 1.83 bits per heavy atom. The second-order valence-electron chi connectivity index (χ2n) is 5.66. The van der Waals surface area contributed by atoms with Crippen molar-refractivity contribution in [2.24, 2.45) is 0 Å². The molecule has 0 aliphatic heterocycles. The van der Waals surface area contributed by atoms with Gasteiger partial charge in [0.1, 0.15) is 5.75 Å². The van der Waals surface area contributed by atoms with Crippen LogP contribution in [-0.4, -0.2) is 22.8 Å². The first-order chi connectivity index (χ1) is 11.6. The molecule has 122 valence electrons. The van der Waals surface area contributed by atoms with Crippen molar-refractivity contribution in [3.63, 3.8) is 0 Å². The fourth-order valence-corrected chi connectivity index (χ4v) is 2.89. The largest absolute Gasteiger partial charge is 0.497 e. The zero-order chi connectivity index (χ0) is 17.1. The molecule has 3 aromatic rings. The Morgan fingerprint density at radius 3 is 2.50 bits per heavy atom. The summed E-state index contributed by atoms with van der Waals surface area (Å²) in [6.45, 7) is 2.55. The molecule has 2 aromatic carbocycles. The lowest BCUT2D eigenvalue weighted by atomic mass is 10.1. The number of carboxylic acids is 1. The molecule has 0 fully saturated rings. The third-order valence-corrected chi connectivity index (χ3v) is 4.06. The molecule has 24 heavy (non-hydrogen) atoms. The molecule has 0 unspecified atom stereocenters. The molecule has 0 radical (unpaired) electrons. The summed E-state index contributed by atoms with van der Waals surface area (Å²) in [5, 5.41) is 9.61. The number of benzene rings is 2. The molecular formula is C20H19NO3. The van der Waals surface area contributed by atoms with E-state index in [1.165, 1.54) is 0 Å². The van der Waals surface area contributed by atoms with Crippen LogP contribution in [0.4, 0.5) is 0 Å². The van der Waals surface area contributed by atoms with Crippen molar-refractivity contribution in [2.45, 2.75) is 13.5 Å². The van der Waals surface area contributed by atoms with Crippen LogP contribution in [0.2, 0.25) is 0 Å². The minimum atomic E-state index is -0.928. The summed E-state index contributed by atoms with van der Waals surface area (Å²) >= 11 is 0. The van der Waals surface area contributed by atoms with Gasteiger partial charge in [0.2, 0.25) is 0 Å². The molecular weight excluding hydrogens is 302 g/mol. The minimum absolute atomic E-state index is 0.302. The maximum atomic E-state index is 11.7. The molecule has 4 nitrogen and oxygen atoms in total. The maximum Gasteiger partial charge on any atom is 0.337 e. The maximum absolute atomic E-state index is 11.7. The van der Waals surface area contributed by atoms with Gasteiger partial charge in [-0.1, -0.05) is 42.5 Å². The summed E-state index contributed by atoms with van der Waals surface area (Å²) in [6, 6.07) is 19.2. The zero-order valence-electron chi connectivity index (χ0n) is 13.7. The van der Waals surface area contributed by atoms with Crippen molar-refractivity contribution in [1.82, 2.24) is 4.57 Å². The molecule has 3 rings (SSSR count). The Kier molecular flexibility index (Phi) is 4.38. The summed E-state index contributed by atoms with van der Waals surface area (Å²) in [5.74, 6) is -0.225. The van der Waals surface area contributed by atoms with Crippen molar-refractivity contribution in [1.29, 1.82) is 0 Å². The van der Waals surface area contributed by atoms with E-state index in [0.717, 1.165) is 16.8 Å². The standard InChI is InChI=1S/C20H19NO3/c1-14-11-18(20(22)23)19(16-9-6-10-17(12-16)24-2)21(14)13-15-7-4-3-5-8-15/h3-12H,13H2,1-2H3,(H,22,23). The normalized spacial score (nSPS) is 10.6. The average molecular weight is 321 g/mol. The van der Waals surface area contributed by atoms with Crippen molar-refractivity contribution in [2.75, 3.05) is 7.11 Å². The van der Waals surface area contributed by atoms with Gasteiger partial charge in [-0.15, -0.1) is 0 Å². The fourth-order valence-electron chi connectivity index (χ4n) is 2.89. The van der Waals surface area contributed by atoms with Crippen LogP contribution < -0.4 is 4.74 Å². The lowest BCUT2D eigenvalue weighted by Gasteiger charge is -2.14. The molecule has 1 aromatic heterocycles. The van der Waals surface area contributed by atoms with Gasteiger partial charge in [0.05, 0.1) is 18.4 Å². The summed E-state index contributed by atoms with van der Waals surface area (Å²) in [6.07, 6.45) is 0. The number of hydrogen-bond acceptors (Lipinski definition) is 2. The number of nitrogens with zero attached hydrogens (tertiary/aromatic N) is 1. The van der Waals surface area contributed by atoms with Crippen LogP contribution >= 0.6 is 0 Å². The highest BCUT2D eigenvalue weighted by molar-refractivity contribution is 5.95. The van der Waals surface area contributed by atoms with E-state index >= 15 is 0 Å². The van der Waals surface area contributed by atoms with Crippen LogP contribution in [0.1, 0.15) is 21.6 Å². The summed E-state index contributed by atoms with van der Waals surface area (Å²) in [4.78, 5) is 11.7. The Balaban J connectivity index is 2.16. The van der Waals surface area contributed by atoms with Crippen LogP contribution in [0, 0.1) is 6.92 Å². The van der Waals surface area contributed by atoms with Gasteiger partial charge in [0.25, 0.3) is 0 Å². The van der Waals surface area contributed by atoms with E-state index in [4.69, 9.17) is 4.74 Å². The van der Waals surface area contributed by atoms with Crippen molar-refractivity contribution < 1.29 is 14.6 Å². The van der Waals surface area contributed by atoms with E-state index in [0.29, 0.717) is 23.6 Å². The lowest BCUT2D eigenvalue weighted by molar-refractivity contribution is 0.0697. The summed E-state index contributed by atoms with van der Waals surface area (Å²) in [7, 11) is 1.60. The number of hydrogen-bond donors (Lipinski definition) is 1. The molecule has 0 atom stereocenters. The highest BCUT2D eigenvalue weighted by atomic mass is 16.5. The van der Waals surface area contributed by atoms with Gasteiger partial charge >= 0.3 is 5.97 Å². The van der Waals surface area contributed by atoms with E-state index < -0.39 is 5.97 Å². The number of carbonyl (C=O) groups is 1. The van der Waals surface area contributed by atoms with Gasteiger partial charge in [-0.3, -0.25) is 0 Å². The number of aromatic carboxylic acids is 1. The van der Waals surface area contributed by atoms with Crippen LogP contribution in [0.5, 0.6) is 5.75 Å².